The molecule has 0 atom stereocenters. The number of phenolic OH excluding ortho intramolecular Hbond substituents is 1. The number of ether oxygens (including phenoxy) is 1. The first kappa shape index (κ1) is 16.7. The second-order valence-electron chi connectivity index (χ2n) is 5.28. The highest BCUT2D eigenvalue weighted by atomic mass is 35.5. The number of aromatic hydroxyl groups is 1. The van der Waals surface area contributed by atoms with Gasteiger partial charge in [0.05, 0.1) is 5.92 Å². The number of hydrogen-bond acceptors (Lipinski definition) is 3. The summed E-state index contributed by atoms with van der Waals surface area (Å²) in [5, 5.41) is 11.0. The summed E-state index contributed by atoms with van der Waals surface area (Å²) >= 11 is 12.0. The molecule has 0 saturated carbocycles. The third-order valence-electron chi connectivity index (χ3n) is 3.13. The molecule has 0 radical (unpaired) electrons. The van der Waals surface area contributed by atoms with Gasteiger partial charge in [-0.25, -0.2) is 0 Å². The van der Waals surface area contributed by atoms with E-state index in [1.807, 2.05) is 0 Å². The summed E-state index contributed by atoms with van der Waals surface area (Å²) in [5.41, 5.74) is 1.34. The Balaban J connectivity index is 2.35. The van der Waals surface area contributed by atoms with Gasteiger partial charge in [0, 0.05) is 22.0 Å². The van der Waals surface area contributed by atoms with Crippen molar-refractivity contribution in [1.29, 1.82) is 0 Å². The van der Waals surface area contributed by atoms with Crippen LogP contribution in [0.2, 0.25) is 10.0 Å². The molecule has 0 aliphatic carbocycles. The smallest absolute Gasteiger partial charge is 0.313 e. The minimum absolute atomic E-state index is 0.130. The van der Waals surface area contributed by atoms with Crippen molar-refractivity contribution in [1.82, 2.24) is 0 Å². The Kier molecular flexibility index (Phi) is 5.33. The zero-order valence-corrected chi connectivity index (χ0v) is 13.8. The molecule has 22 heavy (non-hydrogen) atoms. The van der Waals surface area contributed by atoms with E-state index in [0.717, 1.165) is 0 Å². The van der Waals surface area contributed by atoms with Crippen LogP contribution in [0.4, 0.5) is 0 Å². The van der Waals surface area contributed by atoms with Crippen LogP contribution in [-0.2, 0) is 11.2 Å². The summed E-state index contributed by atoms with van der Waals surface area (Å²) in [6.07, 6.45) is 0.355. The standard InChI is InChI=1S/C17H16Cl2O3/c1-10(2)17(21)22-16-6-4-14(19)9-12(16)7-11-8-13(18)3-5-15(11)20/h3-6,8-10,20H,7H2,1-2H3. The maximum Gasteiger partial charge on any atom is 0.313 e. The molecule has 3 nitrogen and oxygen atoms in total. The van der Waals surface area contributed by atoms with Gasteiger partial charge in [-0.1, -0.05) is 37.0 Å². The molecule has 0 unspecified atom stereocenters. The molecule has 5 heteroatoms. The molecule has 0 aliphatic heterocycles. The number of phenols is 1. The fourth-order valence-corrected chi connectivity index (χ4v) is 2.30. The van der Waals surface area contributed by atoms with Crippen molar-refractivity contribution in [2.24, 2.45) is 5.92 Å². The molecular weight excluding hydrogens is 323 g/mol. The lowest BCUT2D eigenvalue weighted by Gasteiger charge is -2.13. The molecule has 0 amide bonds. The number of hydrogen-bond donors (Lipinski definition) is 1. The topological polar surface area (TPSA) is 46.5 Å². The van der Waals surface area contributed by atoms with E-state index in [0.29, 0.717) is 33.3 Å². The molecule has 1 N–H and O–H groups in total. The van der Waals surface area contributed by atoms with Crippen LogP contribution < -0.4 is 4.74 Å². The minimum Gasteiger partial charge on any atom is -0.508 e. The van der Waals surface area contributed by atoms with Crippen LogP contribution in [0.25, 0.3) is 0 Å². The van der Waals surface area contributed by atoms with E-state index in [4.69, 9.17) is 27.9 Å². The second kappa shape index (κ2) is 7.03. The molecule has 0 heterocycles. The first-order valence-electron chi connectivity index (χ1n) is 6.84. The molecule has 2 aromatic carbocycles. The first-order valence-corrected chi connectivity index (χ1v) is 7.60. The van der Waals surface area contributed by atoms with Gasteiger partial charge in [-0.05, 0) is 42.0 Å². The summed E-state index contributed by atoms with van der Waals surface area (Å²) in [5.74, 6) is 0.00924. The molecule has 2 rings (SSSR count). The van der Waals surface area contributed by atoms with Crippen molar-refractivity contribution >= 4 is 29.2 Å². The highest BCUT2D eigenvalue weighted by molar-refractivity contribution is 6.31. The van der Waals surface area contributed by atoms with Crippen LogP contribution in [0.15, 0.2) is 36.4 Å². The molecular formula is C17H16Cl2O3. The van der Waals surface area contributed by atoms with Gasteiger partial charge < -0.3 is 9.84 Å². The Labute approximate surface area is 139 Å². The van der Waals surface area contributed by atoms with Crippen LogP contribution in [-0.4, -0.2) is 11.1 Å². The fourth-order valence-electron chi connectivity index (χ4n) is 1.91. The van der Waals surface area contributed by atoms with E-state index in [1.54, 1.807) is 44.2 Å². The normalized spacial score (nSPS) is 10.8. The van der Waals surface area contributed by atoms with E-state index < -0.39 is 0 Å². The third-order valence-corrected chi connectivity index (χ3v) is 3.60. The van der Waals surface area contributed by atoms with E-state index in [9.17, 15) is 9.90 Å². The predicted octanol–water partition coefficient (Wildman–Crippen LogP) is 4.85. The Morgan fingerprint density at radius 3 is 2.32 bits per heavy atom. The predicted molar refractivity (Wildman–Crippen MR) is 87.8 cm³/mol. The number of halogens is 2. The summed E-state index contributed by atoms with van der Waals surface area (Å²) in [4.78, 5) is 11.8. The second-order valence-corrected chi connectivity index (χ2v) is 6.15. The van der Waals surface area contributed by atoms with Crippen LogP contribution >= 0.6 is 23.2 Å². The lowest BCUT2D eigenvalue weighted by molar-refractivity contribution is -0.137. The number of carbonyl (C=O) groups excluding carboxylic acids is 1. The number of carbonyl (C=O) groups is 1. The monoisotopic (exact) mass is 338 g/mol. The van der Waals surface area contributed by atoms with Crippen LogP contribution in [0, 0.1) is 5.92 Å². The summed E-state index contributed by atoms with van der Waals surface area (Å²) in [6, 6.07) is 9.84. The van der Waals surface area contributed by atoms with Gasteiger partial charge >= 0.3 is 5.97 Å². The molecule has 0 bridgehead atoms. The van der Waals surface area contributed by atoms with Crippen molar-refractivity contribution in [3.05, 3.63) is 57.6 Å². The van der Waals surface area contributed by atoms with Gasteiger partial charge in [-0.2, -0.15) is 0 Å². The first-order chi connectivity index (χ1) is 10.4. The lowest BCUT2D eigenvalue weighted by Crippen LogP contribution is -2.15. The Bertz CT molecular complexity index is 696. The molecule has 0 saturated heterocycles. The van der Waals surface area contributed by atoms with E-state index in [1.165, 1.54) is 6.07 Å². The zero-order valence-electron chi connectivity index (χ0n) is 12.3. The van der Waals surface area contributed by atoms with Crippen molar-refractivity contribution in [2.45, 2.75) is 20.3 Å². The van der Waals surface area contributed by atoms with Crippen molar-refractivity contribution in [3.8, 4) is 11.5 Å². The molecule has 0 aromatic heterocycles. The highest BCUT2D eigenvalue weighted by Crippen LogP contribution is 2.30. The number of esters is 1. The van der Waals surface area contributed by atoms with Crippen LogP contribution in [0.5, 0.6) is 11.5 Å². The van der Waals surface area contributed by atoms with Crippen molar-refractivity contribution in [2.75, 3.05) is 0 Å². The quantitative estimate of drug-likeness (QED) is 0.640. The Morgan fingerprint density at radius 1 is 1.09 bits per heavy atom. The lowest BCUT2D eigenvalue weighted by atomic mass is 10.0. The molecule has 0 fully saturated rings. The largest absolute Gasteiger partial charge is 0.508 e. The van der Waals surface area contributed by atoms with Gasteiger partial charge in [0.2, 0.25) is 0 Å². The Hall–Kier alpha value is -1.71. The summed E-state index contributed by atoms with van der Waals surface area (Å²) in [7, 11) is 0. The van der Waals surface area contributed by atoms with Gasteiger partial charge in [-0.15, -0.1) is 0 Å². The maximum absolute atomic E-state index is 11.8. The number of benzene rings is 2. The fraction of sp³-hybridized carbons (Fsp3) is 0.235. The van der Waals surface area contributed by atoms with E-state index in [2.05, 4.69) is 0 Å². The molecule has 2 aromatic rings. The average molecular weight is 339 g/mol. The van der Waals surface area contributed by atoms with Gasteiger partial charge in [0.25, 0.3) is 0 Å². The van der Waals surface area contributed by atoms with Gasteiger partial charge in [0.1, 0.15) is 11.5 Å². The molecule has 116 valence electrons. The molecule has 0 spiro atoms. The Morgan fingerprint density at radius 2 is 1.68 bits per heavy atom. The van der Waals surface area contributed by atoms with E-state index >= 15 is 0 Å². The van der Waals surface area contributed by atoms with Gasteiger partial charge in [-0.3, -0.25) is 4.79 Å². The summed E-state index contributed by atoms with van der Waals surface area (Å²) < 4.78 is 5.39. The van der Waals surface area contributed by atoms with Crippen molar-refractivity contribution < 1.29 is 14.6 Å². The third kappa shape index (κ3) is 4.15. The van der Waals surface area contributed by atoms with Crippen LogP contribution in [0.1, 0.15) is 25.0 Å². The van der Waals surface area contributed by atoms with E-state index in [-0.39, 0.29) is 17.6 Å². The maximum atomic E-state index is 11.8. The van der Waals surface area contributed by atoms with Gasteiger partial charge in [0.15, 0.2) is 0 Å². The van der Waals surface area contributed by atoms with Crippen LogP contribution in [0.3, 0.4) is 0 Å². The summed E-state index contributed by atoms with van der Waals surface area (Å²) in [6.45, 7) is 3.53. The average Bonchev–Trinajstić information content (AvgIpc) is 2.45. The minimum atomic E-state index is -0.320. The SMILES string of the molecule is CC(C)C(=O)Oc1ccc(Cl)cc1Cc1cc(Cl)ccc1O. The van der Waals surface area contributed by atoms with Crippen molar-refractivity contribution in [3.63, 3.8) is 0 Å². The number of rotatable bonds is 4. The highest BCUT2D eigenvalue weighted by Gasteiger charge is 2.15. The molecule has 0 aliphatic rings. The zero-order chi connectivity index (χ0) is 16.3.